The van der Waals surface area contributed by atoms with Crippen LogP contribution in [0.1, 0.15) is 24.1 Å². The molecule has 4 heteroatoms. The summed E-state index contributed by atoms with van der Waals surface area (Å²) in [6, 6.07) is 13.6. The fourth-order valence-corrected chi connectivity index (χ4v) is 2.72. The average molecular weight is 341 g/mol. The Balaban J connectivity index is 2.07. The highest BCUT2D eigenvalue weighted by molar-refractivity contribution is 9.10. The third-order valence-corrected chi connectivity index (χ3v) is 4.07. The number of hydrogen-bond donors (Lipinski definition) is 2. The van der Waals surface area contributed by atoms with Crippen molar-refractivity contribution < 1.29 is 5.11 Å². The van der Waals surface area contributed by atoms with Crippen molar-refractivity contribution in [3.05, 3.63) is 63.1 Å². The quantitative estimate of drug-likeness (QED) is 0.848. The lowest BCUT2D eigenvalue weighted by molar-refractivity contribution is 0.460. The lowest BCUT2D eigenvalue weighted by Crippen LogP contribution is -2.18. The average Bonchev–Trinajstić information content (AvgIpc) is 2.40. The number of halogens is 2. The summed E-state index contributed by atoms with van der Waals surface area (Å²) >= 11 is 9.42. The highest BCUT2D eigenvalue weighted by atomic mass is 79.9. The van der Waals surface area contributed by atoms with Gasteiger partial charge in [-0.1, -0.05) is 57.9 Å². The van der Waals surface area contributed by atoms with Gasteiger partial charge in [0, 0.05) is 22.6 Å². The van der Waals surface area contributed by atoms with Gasteiger partial charge in [0.15, 0.2) is 0 Å². The van der Waals surface area contributed by atoms with Gasteiger partial charge in [-0.25, -0.2) is 0 Å². The molecule has 0 aliphatic heterocycles. The molecule has 0 saturated carbocycles. The van der Waals surface area contributed by atoms with Crippen LogP contribution < -0.4 is 5.32 Å². The monoisotopic (exact) mass is 339 g/mol. The van der Waals surface area contributed by atoms with Crippen LogP contribution in [0, 0.1) is 0 Å². The Hall–Kier alpha value is -1.03. The Labute approximate surface area is 126 Å². The lowest BCUT2D eigenvalue weighted by Gasteiger charge is -2.16. The maximum absolute atomic E-state index is 9.85. The van der Waals surface area contributed by atoms with Crippen LogP contribution in [0.3, 0.4) is 0 Å². The Morgan fingerprint density at radius 1 is 1.21 bits per heavy atom. The van der Waals surface area contributed by atoms with Crippen LogP contribution in [0.5, 0.6) is 5.75 Å². The number of benzene rings is 2. The third kappa shape index (κ3) is 3.50. The summed E-state index contributed by atoms with van der Waals surface area (Å²) in [4.78, 5) is 0. The van der Waals surface area contributed by atoms with E-state index in [1.165, 1.54) is 5.56 Å². The molecule has 100 valence electrons. The van der Waals surface area contributed by atoms with Crippen molar-refractivity contribution in [2.45, 2.75) is 19.5 Å². The number of phenols is 1. The number of nitrogens with one attached hydrogen (secondary N) is 1. The molecule has 0 heterocycles. The summed E-state index contributed by atoms with van der Waals surface area (Å²) in [5.41, 5.74) is 1.98. The number of aromatic hydroxyl groups is 1. The van der Waals surface area contributed by atoms with Crippen molar-refractivity contribution in [3.8, 4) is 5.75 Å². The Morgan fingerprint density at radius 2 is 1.95 bits per heavy atom. The van der Waals surface area contributed by atoms with Crippen LogP contribution in [0.15, 0.2) is 46.9 Å². The van der Waals surface area contributed by atoms with Crippen molar-refractivity contribution >= 4 is 27.5 Å². The van der Waals surface area contributed by atoms with Crippen LogP contribution in [0.4, 0.5) is 0 Å². The lowest BCUT2D eigenvalue weighted by atomic mass is 10.1. The van der Waals surface area contributed by atoms with E-state index in [0.29, 0.717) is 11.6 Å². The molecule has 0 saturated heterocycles. The molecule has 0 unspecified atom stereocenters. The zero-order valence-corrected chi connectivity index (χ0v) is 12.9. The second kappa shape index (κ2) is 6.42. The first-order chi connectivity index (χ1) is 9.09. The molecule has 2 aromatic carbocycles. The first kappa shape index (κ1) is 14.4. The standard InChI is InChI=1S/C15H15BrClNO/c1-10(12-6-2-3-7-13(12)16)18-9-11-5-4-8-14(17)15(11)19/h2-8,10,18-19H,9H2,1H3/t10-/m0/s1. The van der Waals surface area contributed by atoms with Crippen LogP contribution >= 0.6 is 27.5 Å². The third-order valence-electron chi connectivity index (χ3n) is 3.04. The maximum atomic E-state index is 9.85. The number of rotatable bonds is 4. The summed E-state index contributed by atoms with van der Waals surface area (Å²) in [5, 5.41) is 13.6. The van der Waals surface area contributed by atoms with E-state index in [4.69, 9.17) is 11.6 Å². The number of hydrogen-bond acceptors (Lipinski definition) is 2. The summed E-state index contributed by atoms with van der Waals surface area (Å²) in [5.74, 6) is 0.149. The molecule has 2 nitrogen and oxygen atoms in total. The van der Waals surface area contributed by atoms with Crippen LogP contribution in [0.2, 0.25) is 5.02 Å². The highest BCUT2D eigenvalue weighted by Gasteiger charge is 2.10. The van der Waals surface area contributed by atoms with E-state index in [1.54, 1.807) is 6.07 Å². The number of para-hydroxylation sites is 1. The predicted octanol–water partition coefficient (Wildman–Crippen LogP) is 4.66. The molecule has 0 amide bonds. The largest absolute Gasteiger partial charge is 0.506 e. The normalized spacial score (nSPS) is 12.4. The first-order valence-corrected chi connectivity index (χ1v) is 7.21. The summed E-state index contributed by atoms with van der Waals surface area (Å²) in [7, 11) is 0. The molecule has 0 radical (unpaired) electrons. The zero-order valence-electron chi connectivity index (χ0n) is 10.5. The Bertz CT molecular complexity index is 574. The molecule has 0 aliphatic rings. The second-order valence-corrected chi connectivity index (χ2v) is 5.63. The molecular formula is C15H15BrClNO. The number of phenolic OH excluding ortho intramolecular Hbond substituents is 1. The molecule has 2 aromatic rings. The zero-order chi connectivity index (χ0) is 13.8. The van der Waals surface area contributed by atoms with E-state index in [-0.39, 0.29) is 11.8 Å². The molecule has 1 atom stereocenters. The van der Waals surface area contributed by atoms with Gasteiger partial charge in [0.2, 0.25) is 0 Å². The van der Waals surface area contributed by atoms with Crippen LogP contribution in [-0.2, 0) is 6.54 Å². The van der Waals surface area contributed by atoms with Gasteiger partial charge in [0.25, 0.3) is 0 Å². The van der Waals surface area contributed by atoms with E-state index >= 15 is 0 Å². The molecule has 0 aliphatic carbocycles. The van der Waals surface area contributed by atoms with Gasteiger partial charge in [-0.3, -0.25) is 0 Å². The van der Waals surface area contributed by atoms with Gasteiger partial charge in [0.05, 0.1) is 5.02 Å². The minimum absolute atomic E-state index is 0.149. The first-order valence-electron chi connectivity index (χ1n) is 6.03. The minimum Gasteiger partial charge on any atom is -0.506 e. The van der Waals surface area contributed by atoms with Gasteiger partial charge in [-0.2, -0.15) is 0 Å². The minimum atomic E-state index is 0.149. The van der Waals surface area contributed by atoms with Gasteiger partial charge in [-0.15, -0.1) is 0 Å². The van der Waals surface area contributed by atoms with E-state index in [2.05, 4.69) is 34.2 Å². The maximum Gasteiger partial charge on any atom is 0.138 e. The van der Waals surface area contributed by atoms with Crippen molar-refractivity contribution in [2.24, 2.45) is 0 Å². The second-order valence-electron chi connectivity index (χ2n) is 4.37. The fourth-order valence-electron chi connectivity index (χ4n) is 1.90. The highest BCUT2D eigenvalue weighted by Crippen LogP contribution is 2.28. The van der Waals surface area contributed by atoms with Gasteiger partial charge in [0.1, 0.15) is 5.75 Å². The Morgan fingerprint density at radius 3 is 2.68 bits per heavy atom. The molecule has 19 heavy (non-hydrogen) atoms. The van der Waals surface area contributed by atoms with Crippen LogP contribution in [0.25, 0.3) is 0 Å². The molecule has 0 fully saturated rings. The summed E-state index contributed by atoms with van der Waals surface area (Å²) < 4.78 is 1.07. The van der Waals surface area contributed by atoms with E-state index in [9.17, 15) is 5.11 Å². The molecular weight excluding hydrogens is 326 g/mol. The fraction of sp³-hybridized carbons (Fsp3) is 0.200. The van der Waals surface area contributed by atoms with E-state index < -0.39 is 0 Å². The molecule has 2 N–H and O–H groups in total. The van der Waals surface area contributed by atoms with Gasteiger partial charge >= 0.3 is 0 Å². The van der Waals surface area contributed by atoms with Gasteiger partial charge in [-0.05, 0) is 24.6 Å². The smallest absolute Gasteiger partial charge is 0.138 e. The molecule has 2 rings (SSSR count). The van der Waals surface area contributed by atoms with E-state index in [0.717, 1.165) is 10.0 Å². The summed E-state index contributed by atoms with van der Waals surface area (Å²) in [6.45, 7) is 2.65. The molecule has 0 aromatic heterocycles. The van der Waals surface area contributed by atoms with Crippen molar-refractivity contribution in [1.82, 2.24) is 5.32 Å². The molecule has 0 bridgehead atoms. The summed E-state index contributed by atoms with van der Waals surface area (Å²) in [6.07, 6.45) is 0. The van der Waals surface area contributed by atoms with E-state index in [1.807, 2.05) is 30.3 Å². The molecule has 0 spiro atoms. The van der Waals surface area contributed by atoms with Crippen LogP contribution in [-0.4, -0.2) is 5.11 Å². The SMILES string of the molecule is C[C@H](NCc1cccc(Cl)c1O)c1ccccc1Br. The van der Waals surface area contributed by atoms with Crippen molar-refractivity contribution in [1.29, 1.82) is 0 Å². The Kier molecular flexibility index (Phi) is 4.86. The van der Waals surface area contributed by atoms with Gasteiger partial charge < -0.3 is 10.4 Å². The van der Waals surface area contributed by atoms with Crippen molar-refractivity contribution in [2.75, 3.05) is 0 Å². The predicted molar refractivity (Wildman–Crippen MR) is 82.5 cm³/mol. The van der Waals surface area contributed by atoms with Crippen molar-refractivity contribution in [3.63, 3.8) is 0 Å². The topological polar surface area (TPSA) is 32.3 Å².